The Labute approximate surface area is 137 Å². The van der Waals surface area contributed by atoms with Crippen molar-refractivity contribution < 1.29 is 52.7 Å². The van der Waals surface area contributed by atoms with Crippen molar-refractivity contribution in [3.8, 4) is 0 Å². The van der Waals surface area contributed by atoms with Crippen LogP contribution in [0.15, 0.2) is 35.4 Å². The number of rotatable bonds is 2. The third-order valence-corrected chi connectivity index (χ3v) is 2.82. The Bertz CT molecular complexity index is 601. The van der Waals surface area contributed by atoms with Gasteiger partial charge in [-0.05, 0) is 23.3 Å². The summed E-state index contributed by atoms with van der Waals surface area (Å²) >= 11 is 0. The van der Waals surface area contributed by atoms with Gasteiger partial charge in [0.15, 0.2) is 0 Å². The van der Waals surface area contributed by atoms with Gasteiger partial charge in [0.1, 0.15) is 11.1 Å². The zero-order valence-electron chi connectivity index (χ0n) is 12.0. The SMILES string of the molecule is FC(F)(F)C(=Cc1ccccc1C=C(C(F)(F)F)C(F)(F)F)C(F)(F)F. The van der Waals surface area contributed by atoms with E-state index in [2.05, 4.69) is 0 Å². The molecule has 0 radical (unpaired) electrons. The fourth-order valence-electron chi connectivity index (χ4n) is 1.73. The second kappa shape index (κ2) is 6.88. The molecule has 1 rings (SSSR count). The van der Waals surface area contributed by atoms with Crippen molar-refractivity contribution in [2.75, 3.05) is 0 Å². The Morgan fingerprint density at radius 1 is 0.500 bits per heavy atom. The van der Waals surface area contributed by atoms with Crippen molar-refractivity contribution >= 4 is 12.2 Å². The number of allylic oxidation sites excluding steroid dienone is 2. The second-order valence-corrected chi connectivity index (χ2v) is 4.74. The Morgan fingerprint density at radius 3 is 0.923 bits per heavy atom. The van der Waals surface area contributed by atoms with Crippen LogP contribution in [-0.2, 0) is 0 Å². The van der Waals surface area contributed by atoms with E-state index in [0.29, 0.717) is 12.1 Å². The molecule has 1 aromatic rings. The molecule has 12 heteroatoms. The zero-order valence-corrected chi connectivity index (χ0v) is 12.0. The molecule has 0 N–H and O–H groups in total. The van der Waals surface area contributed by atoms with E-state index in [-0.39, 0.29) is 0 Å². The standard InChI is InChI=1S/C14H6F12/c15-11(16,17)9(12(18,19)20)5-7-3-1-2-4-8(7)6-10(13(21,22)23)14(24,25)26/h1-6H. The number of alkyl halides is 12. The average molecular weight is 402 g/mol. The van der Waals surface area contributed by atoms with Gasteiger partial charge in [-0.25, -0.2) is 0 Å². The summed E-state index contributed by atoms with van der Waals surface area (Å²) in [5.41, 5.74) is -8.40. The zero-order chi connectivity index (χ0) is 20.6. The minimum atomic E-state index is -5.92. The largest absolute Gasteiger partial charge is 0.421 e. The van der Waals surface area contributed by atoms with Gasteiger partial charge in [0, 0.05) is 0 Å². The predicted molar refractivity (Wildman–Crippen MR) is 66.6 cm³/mol. The normalized spacial score (nSPS) is 13.4. The van der Waals surface area contributed by atoms with Crippen LogP contribution >= 0.6 is 0 Å². The van der Waals surface area contributed by atoms with Gasteiger partial charge in [-0.3, -0.25) is 0 Å². The van der Waals surface area contributed by atoms with Crippen molar-refractivity contribution in [2.45, 2.75) is 24.7 Å². The Morgan fingerprint density at radius 2 is 0.731 bits per heavy atom. The first-order valence-electron chi connectivity index (χ1n) is 6.25. The molecule has 0 unspecified atom stereocenters. The molecular formula is C14H6F12. The van der Waals surface area contributed by atoms with Crippen molar-refractivity contribution in [2.24, 2.45) is 0 Å². The van der Waals surface area contributed by atoms with Gasteiger partial charge in [-0.1, -0.05) is 24.3 Å². The van der Waals surface area contributed by atoms with Gasteiger partial charge in [0.05, 0.1) is 0 Å². The summed E-state index contributed by atoms with van der Waals surface area (Å²) < 4.78 is 150. The lowest BCUT2D eigenvalue weighted by molar-refractivity contribution is -0.172. The van der Waals surface area contributed by atoms with Crippen LogP contribution in [-0.4, -0.2) is 24.7 Å². The molecule has 0 aliphatic carbocycles. The van der Waals surface area contributed by atoms with Gasteiger partial charge < -0.3 is 0 Å². The summed E-state index contributed by atoms with van der Waals surface area (Å²) in [6.07, 6.45) is -24.8. The lowest BCUT2D eigenvalue weighted by Crippen LogP contribution is -2.26. The fourth-order valence-corrected chi connectivity index (χ4v) is 1.73. The molecule has 1 aromatic carbocycles. The van der Waals surface area contributed by atoms with E-state index in [1.807, 2.05) is 0 Å². The number of hydrogen-bond donors (Lipinski definition) is 0. The van der Waals surface area contributed by atoms with Crippen LogP contribution in [0.1, 0.15) is 11.1 Å². The van der Waals surface area contributed by atoms with Gasteiger partial charge in [-0.2, -0.15) is 52.7 Å². The van der Waals surface area contributed by atoms with Crippen molar-refractivity contribution in [1.29, 1.82) is 0 Å². The van der Waals surface area contributed by atoms with Crippen molar-refractivity contribution in [3.63, 3.8) is 0 Å². The van der Waals surface area contributed by atoms with Gasteiger partial charge >= 0.3 is 24.7 Å². The van der Waals surface area contributed by atoms with Gasteiger partial charge in [-0.15, -0.1) is 0 Å². The maximum absolute atomic E-state index is 12.5. The molecule has 0 amide bonds. The molecule has 0 saturated heterocycles. The monoisotopic (exact) mass is 402 g/mol. The number of hydrogen-bond acceptors (Lipinski definition) is 0. The second-order valence-electron chi connectivity index (χ2n) is 4.74. The molecule has 0 nitrogen and oxygen atoms in total. The first kappa shape index (κ1) is 21.9. The topological polar surface area (TPSA) is 0 Å². The van der Waals surface area contributed by atoms with E-state index >= 15 is 0 Å². The van der Waals surface area contributed by atoms with E-state index in [4.69, 9.17) is 0 Å². The summed E-state index contributed by atoms with van der Waals surface area (Å²) in [5, 5.41) is 0. The number of benzene rings is 1. The summed E-state index contributed by atoms with van der Waals surface area (Å²) in [7, 11) is 0. The molecule has 0 aromatic heterocycles. The Hall–Kier alpha value is -2.14. The molecule has 0 fully saturated rings. The average Bonchev–Trinajstić information content (AvgIpc) is 2.38. The van der Waals surface area contributed by atoms with E-state index in [1.165, 1.54) is 0 Å². The molecule has 0 spiro atoms. The van der Waals surface area contributed by atoms with Crippen LogP contribution < -0.4 is 0 Å². The maximum Gasteiger partial charge on any atom is 0.421 e. The summed E-state index contributed by atoms with van der Waals surface area (Å²) in [6.45, 7) is 0. The van der Waals surface area contributed by atoms with Crippen molar-refractivity contribution in [1.82, 2.24) is 0 Å². The summed E-state index contributed by atoms with van der Waals surface area (Å²) in [4.78, 5) is 0. The highest BCUT2D eigenvalue weighted by Gasteiger charge is 2.52. The molecular weight excluding hydrogens is 396 g/mol. The van der Waals surface area contributed by atoms with Crippen molar-refractivity contribution in [3.05, 3.63) is 46.5 Å². The van der Waals surface area contributed by atoms with E-state index < -0.39 is 59.1 Å². The first-order valence-corrected chi connectivity index (χ1v) is 6.25. The van der Waals surface area contributed by atoms with Crippen LogP contribution in [0.25, 0.3) is 12.2 Å². The highest BCUT2D eigenvalue weighted by atomic mass is 19.4. The minimum Gasteiger partial charge on any atom is -0.166 e. The van der Waals surface area contributed by atoms with Crippen LogP contribution in [0.4, 0.5) is 52.7 Å². The molecule has 0 heterocycles. The third-order valence-electron chi connectivity index (χ3n) is 2.82. The van der Waals surface area contributed by atoms with E-state index in [1.54, 1.807) is 0 Å². The highest BCUT2D eigenvalue weighted by Crippen LogP contribution is 2.42. The molecule has 0 aliphatic heterocycles. The summed E-state index contributed by atoms with van der Waals surface area (Å²) in [5.74, 6) is 0. The van der Waals surface area contributed by atoms with E-state index in [0.717, 1.165) is 12.1 Å². The van der Waals surface area contributed by atoms with E-state index in [9.17, 15) is 52.7 Å². The van der Waals surface area contributed by atoms with Crippen LogP contribution in [0.2, 0.25) is 0 Å². The van der Waals surface area contributed by atoms with Gasteiger partial charge in [0.2, 0.25) is 0 Å². The molecule has 0 bridgehead atoms. The quantitative estimate of drug-likeness (QED) is 0.483. The van der Waals surface area contributed by atoms with Crippen LogP contribution in [0, 0.1) is 0 Å². The first-order chi connectivity index (χ1) is 11.4. The molecule has 26 heavy (non-hydrogen) atoms. The number of halogens is 12. The Balaban J connectivity index is 3.67. The molecule has 146 valence electrons. The minimum absolute atomic E-state index is 0.522. The third kappa shape index (κ3) is 5.70. The predicted octanol–water partition coefficient (Wildman–Crippen LogP) is 6.70. The van der Waals surface area contributed by atoms with Crippen LogP contribution in [0.5, 0.6) is 0 Å². The lowest BCUT2D eigenvalue weighted by Gasteiger charge is -2.17. The van der Waals surface area contributed by atoms with Crippen LogP contribution in [0.3, 0.4) is 0 Å². The molecule has 0 atom stereocenters. The molecule has 0 aliphatic rings. The maximum atomic E-state index is 12.5. The highest BCUT2D eigenvalue weighted by molar-refractivity contribution is 5.69. The Kier molecular flexibility index (Phi) is 5.79. The fraction of sp³-hybridized carbons (Fsp3) is 0.286. The van der Waals surface area contributed by atoms with Gasteiger partial charge in [0.25, 0.3) is 0 Å². The molecule has 0 saturated carbocycles. The summed E-state index contributed by atoms with van der Waals surface area (Å²) in [6, 6.07) is 2.75. The lowest BCUT2D eigenvalue weighted by atomic mass is 10.0. The smallest absolute Gasteiger partial charge is 0.166 e.